The van der Waals surface area contributed by atoms with Crippen LogP contribution in [0.4, 0.5) is 13.2 Å². The molecule has 7 heteroatoms. The maximum Gasteiger partial charge on any atom is 0.416 e. The lowest BCUT2D eigenvalue weighted by Gasteiger charge is -2.29. The topological polar surface area (TPSA) is 41.0 Å². The van der Waals surface area contributed by atoms with E-state index in [1.54, 1.807) is 0 Å². The Morgan fingerprint density at radius 1 is 1.32 bits per heavy atom. The Hall–Kier alpha value is -1.76. The summed E-state index contributed by atoms with van der Waals surface area (Å²) in [6.45, 7) is 4.90. The minimum absolute atomic E-state index is 0.190. The van der Waals surface area contributed by atoms with Crippen LogP contribution in [0.2, 0.25) is 0 Å². The largest absolute Gasteiger partial charge is 0.416 e. The fourth-order valence-electron chi connectivity index (χ4n) is 3.24. The standard InChI is InChI=1S/C15H18F3N3O/c1-9(2)20-7-3-4-13(20)21-12-8-10(15(16,17)18)5-6-11(12)19-14(21)22/h5-6,8-9,13H,3-4,7H2,1-2H3,(H,19,22). The summed E-state index contributed by atoms with van der Waals surface area (Å²) >= 11 is 0. The van der Waals surface area contributed by atoms with Gasteiger partial charge in [-0.25, -0.2) is 4.79 Å². The second-order valence-electron chi connectivity index (χ2n) is 5.98. The molecule has 1 aromatic carbocycles. The molecule has 2 heterocycles. The fourth-order valence-corrected chi connectivity index (χ4v) is 3.24. The van der Waals surface area contributed by atoms with E-state index in [9.17, 15) is 18.0 Å². The Labute approximate surface area is 125 Å². The van der Waals surface area contributed by atoms with Crippen LogP contribution < -0.4 is 5.69 Å². The number of aromatic nitrogens is 2. The lowest BCUT2D eigenvalue weighted by Crippen LogP contribution is -2.37. The highest BCUT2D eigenvalue weighted by Gasteiger charge is 2.33. The van der Waals surface area contributed by atoms with E-state index in [1.165, 1.54) is 10.6 Å². The summed E-state index contributed by atoms with van der Waals surface area (Å²) in [4.78, 5) is 17.1. The Kier molecular flexibility index (Phi) is 3.55. The molecule has 1 aliphatic heterocycles. The number of imidazole rings is 1. The molecule has 1 unspecified atom stereocenters. The summed E-state index contributed by atoms with van der Waals surface area (Å²) in [7, 11) is 0. The maximum atomic E-state index is 12.9. The molecular formula is C15H18F3N3O. The van der Waals surface area contributed by atoms with Crippen molar-refractivity contribution in [3.8, 4) is 0 Å². The summed E-state index contributed by atoms with van der Waals surface area (Å²) < 4.78 is 40.3. The van der Waals surface area contributed by atoms with Crippen LogP contribution in [0.5, 0.6) is 0 Å². The molecule has 0 bridgehead atoms. The van der Waals surface area contributed by atoms with E-state index in [2.05, 4.69) is 9.88 Å². The molecule has 1 atom stereocenters. The van der Waals surface area contributed by atoms with Crippen LogP contribution >= 0.6 is 0 Å². The van der Waals surface area contributed by atoms with Crippen molar-refractivity contribution in [1.82, 2.24) is 14.5 Å². The van der Waals surface area contributed by atoms with Gasteiger partial charge in [0.05, 0.1) is 22.8 Å². The molecule has 1 aromatic heterocycles. The SMILES string of the molecule is CC(C)N1CCCC1n1c(=O)[nH]c2ccc(C(F)(F)F)cc21. The van der Waals surface area contributed by atoms with Gasteiger partial charge in [0.1, 0.15) is 0 Å². The Bertz CT molecular complexity index is 745. The normalized spacial score (nSPS) is 20.4. The van der Waals surface area contributed by atoms with Crippen molar-refractivity contribution in [2.75, 3.05) is 6.54 Å². The first-order valence-corrected chi connectivity index (χ1v) is 7.36. The molecule has 0 saturated carbocycles. The van der Waals surface area contributed by atoms with Crippen LogP contribution in [0, 0.1) is 0 Å². The number of H-pyrrole nitrogens is 1. The van der Waals surface area contributed by atoms with E-state index >= 15 is 0 Å². The monoisotopic (exact) mass is 313 g/mol. The maximum absolute atomic E-state index is 12.9. The summed E-state index contributed by atoms with van der Waals surface area (Å²) in [6, 6.07) is 3.61. The van der Waals surface area contributed by atoms with Crippen LogP contribution in [-0.2, 0) is 6.18 Å². The van der Waals surface area contributed by atoms with Crippen LogP contribution in [0.1, 0.15) is 38.4 Å². The number of halogens is 3. The number of rotatable bonds is 2. The molecule has 1 saturated heterocycles. The van der Waals surface area contributed by atoms with Gasteiger partial charge < -0.3 is 4.98 Å². The third-order valence-corrected chi connectivity index (χ3v) is 4.27. The predicted octanol–water partition coefficient (Wildman–Crippen LogP) is 3.35. The highest BCUT2D eigenvalue weighted by molar-refractivity contribution is 5.76. The quantitative estimate of drug-likeness (QED) is 0.924. The zero-order valence-electron chi connectivity index (χ0n) is 12.4. The number of hydrogen-bond donors (Lipinski definition) is 1. The third-order valence-electron chi connectivity index (χ3n) is 4.27. The molecule has 0 radical (unpaired) electrons. The molecule has 3 rings (SSSR count). The molecular weight excluding hydrogens is 295 g/mol. The molecule has 22 heavy (non-hydrogen) atoms. The Balaban J connectivity index is 2.16. The van der Waals surface area contributed by atoms with Crippen molar-refractivity contribution in [3.05, 3.63) is 34.2 Å². The Morgan fingerprint density at radius 2 is 2.05 bits per heavy atom. The zero-order chi connectivity index (χ0) is 16.1. The molecule has 4 nitrogen and oxygen atoms in total. The van der Waals surface area contributed by atoms with Crippen molar-refractivity contribution in [1.29, 1.82) is 0 Å². The third kappa shape index (κ3) is 2.43. The first-order chi connectivity index (χ1) is 10.3. The first-order valence-electron chi connectivity index (χ1n) is 7.36. The molecule has 1 N–H and O–H groups in total. The summed E-state index contributed by atoms with van der Waals surface area (Å²) in [5.74, 6) is 0. The molecule has 0 spiro atoms. The predicted molar refractivity (Wildman–Crippen MR) is 77.7 cm³/mol. The molecule has 120 valence electrons. The lowest BCUT2D eigenvalue weighted by atomic mass is 10.2. The van der Waals surface area contributed by atoms with E-state index < -0.39 is 11.7 Å². The zero-order valence-corrected chi connectivity index (χ0v) is 12.4. The number of aromatic amines is 1. The fraction of sp³-hybridized carbons (Fsp3) is 0.533. The van der Waals surface area contributed by atoms with E-state index in [0.29, 0.717) is 11.0 Å². The number of nitrogens with one attached hydrogen (secondary N) is 1. The van der Waals surface area contributed by atoms with Crippen LogP contribution in [0.3, 0.4) is 0 Å². The number of likely N-dealkylation sites (tertiary alicyclic amines) is 1. The van der Waals surface area contributed by atoms with Gasteiger partial charge in [0.2, 0.25) is 0 Å². The average molecular weight is 313 g/mol. The van der Waals surface area contributed by atoms with Crippen LogP contribution in [0.25, 0.3) is 11.0 Å². The van der Waals surface area contributed by atoms with Crippen molar-refractivity contribution in [3.63, 3.8) is 0 Å². The number of benzene rings is 1. The molecule has 0 aliphatic carbocycles. The van der Waals surface area contributed by atoms with Gasteiger partial charge >= 0.3 is 11.9 Å². The molecule has 1 fully saturated rings. The highest BCUT2D eigenvalue weighted by atomic mass is 19.4. The highest BCUT2D eigenvalue weighted by Crippen LogP contribution is 2.34. The van der Waals surface area contributed by atoms with Crippen molar-refractivity contribution >= 4 is 11.0 Å². The lowest BCUT2D eigenvalue weighted by molar-refractivity contribution is -0.137. The number of hydrogen-bond acceptors (Lipinski definition) is 2. The van der Waals surface area contributed by atoms with Crippen molar-refractivity contribution < 1.29 is 13.2 Å². The molecule has 2 aromatic rings. The molecule has 0 amide bonds. The number of alkyl halides is 3. The van der Waals surface area contributed by atoms with Crippen LogP contribution in [-0.4, -0.2) is 27.0 Å². The van der Waals surface area contributed by atoms with Gasteiger partial charge in [-0.2, -0.15) is 13.2 Å². The van der Waals surface area contributed by atoms with Gasteiger partial charge in [-0.15, -0.1) is 0 Å². The minimum Gasteiger partial charge on any atom is -0.305 e. The Morgan fingerprint density at radius 3 is 2.68 bits per heavy atom. The smallest absolute Gasteiger partial charge is 0.305 e. The van der Waals surface area contributed by atoms with Gasteiger partial charge in [-0.05, 0) is 44.9 Å². The van der Waals surface area contributed by atoms with Crippen molar-refractivity contribution in [2.24, 2.45) is 0 Å². The van der Waals surface area contributed by atoms with Gasteiger partial charge in [-0.1, -0.05) is 0 Å². The van der Waals surface area contributed by atoms with Gasteiger partial charge in [0.25, 0.3) is 0 Å². The second-order valence-corrected chi connectivity index (χ2v) is 5.98. The van der Waals surface area contributed by atoms with Crippen LogP contribution in [0.15, 0.2) is 23.0 Å². The minimum atomic E-state index is -4.42. The average Bonchev–Trinajstić information content (AvgIpc) is 2.99. The summed E-state index contributed by atoms with van der Waals surface area (Å²) in [5.41, 5.74) is -0.334. The van der Waals surface area contributed by atoms with E-state index in [4.69, 9.17) is 0 Å². The number of fused-ring (bicyclic) bond motifs is 1. The van der Waals surface area contributed by atoms with E-state index in [-0.39, 0.29) is 17.9 Å². The van der Waals surface area contributed by atoms with E-state index in [0.717, 1.165) is 31.5 Å². The van der Waals surface area contributed by atoms with Gasteiger partial charge in [0, 0.05) is 12.6 Å². The van der Waals surface area contributed by atoms with Gasteiger partial charge in [-0.3, -0.25) is 9.47 Å². The van der Waals surface area contributed by atoms with Gasteiger partial charge in [0.15, 0.2) is 0 Å². The summed E-state index contributed by atoms with van der Waals surface area (Å²) in [5, 5.41) is 0. The summed E-state index contributed by atoms with van der Waals surface area (Å²) in [6.07, 6.45) is -2.91. The first kappa shape index (κ1) is 15.1. The number of nitrogens with zero attached hydrogens (tertiary/aromatic N) is 2. The molecule has 1 aliphatic rings. The van der Waals surface area contributed by atoms with E-state index in [1.807, 2.05) is 13.8 Å². The second kappa shape index (κ2) is 5.15. The van der Waals surface area contributed by atoms with Crippen molar-refractivity contribution in [2.45, 2.75) is 45.1 Å².